The lowest BCUT2D eigenvalue weighted by Crippen LogP contribution is -2.33. The molecule has 9 heteroatoms. The molecule has 0 radical (unpaired) electrons. The number of carbonyl (C=O) groups excluding carboxylic acids is 1. The summed E-state index contributed by atoms with van der Waals surface area (Å²) in [6.07, 6.45) is -4.78. The van der Waals surface area contributed by atoms with Gasteiger partial charge in [-0.15, -0.1) is 0 Å². The van der Waals surface area contributed by atoms with Crippen molar-refractivity contribution >= 4 is 33.6 Å². The van der Waals surface area contributed by atoms with E-state index in [4.69, 9.17) is 5.11 Å². The summed E-state index contributed by atoms with van der Waals surface area (Å²) in [7, 11) is 1.35. The second-order valence-corrected chi connectivity index (χ2v) is 5.14. The average Bonchev–Trinajstić information content (AvgIpc) is 2.33. The summed E-state index contributed by atoms with van der Waals surface area (Å²) in [5.41, 5.74) is -0.941. The Kier molecular flexibility index (Phi) is 5.59. The number of nitrogens with zero attached hydrogens (tertiary/aromatic N) is 1. The summed E-state index contributed by atoms with van der Waals surface area (Å²) >= 11 is 2.94. The molecule has 0 atom stereocenters. The van der Waals surface area contributed by atoms with E-state index < -0.39 is 23.7 Å². The van der Waals surface area contributed by atoms with Crippen molar-refractivity contribution < 1.29 is 27.9 Å². The van der Waals surface area contributed by atoms with Gasteiger partial charge in [-0.1, -0.05) is 15.9 Å². The Labute approximate surface area is 126 Å². The number of nitrogens with one attached hydrogen (secondary N) is 1. The third kappa shape index (κ3) is 5.62. The van der Waals surface area contributed by atoms with Gasteiger partial charge in [0.25, 0.3) is 0 Å². The lowest BCUT2D eigenvalue weighted by Gasteiger charge is -2.18. The van der Waals surface area contributed by atoms with Crippen molar-refractivity contribution in [1.82, 2.24) is 4.90 Å². The van der Waals surface area contributed by atoms with Gasteiger partial charge in [0.1, 0.15) is 0 Å². The molecule has 0 aliphatic heterocycles. The van der Waals surface area contributed by atoms with Gasteiger partial charge in [0, 0.05) is 23.8 Å². The first-order chi connectivity index (χ1) is 9.59. The van der Waals surface area contributed by atoms with E-state index in [-0.39, 0.29) is 23.1 Å². The highest BCUT2D eigenvalue weighted by Crippen LogP contribution is 2.33. The number of alkyl halides is 3. The number of amides is 2. The number of carbonyl (C=O) groups is 2. The van der Waals surface area contributed by atoms with Gasteiger partial charge >= 0.3 is 18.2 Å². The van der Waals surface area contributed by atoms with E-state index in [1.54, 1.807) is 0 Å². The number of carboxylic acids is 1. The molecule has 0 unspecified atom stereocenters. The van der Waals surface area contributed by atoms with E-state index in [1.165, 1.54) is 13.1 Å². The molecular formula is C12H12BrF3N2O3. The van der Waals surface area contributed by atoms with Crippen LogP contribution in [0.5, 0.6) is 0 Å². The van der Waals surface area contributed by atoms with Crippen LogP contribution in [0.2, 0.25) is 0 Å². The zero-order valence-electron chi connectivity index (χ0n) is 10.9. The molecule has 5 nitrogen and oxygen atoms in total. The van der Waals surface area contributed by atoms with Gasteiger partial charge < -0.3 is 15.3 Å². The number of urea groups is 1. The Balaban J connectivity index is 2.81. The number of anilines is 1. The summed E-state index contributed by atoms with van der Waals surface area (Å²) in [5.74, 6) is -1.07. The van der Waals surface area contributed by atoms with Crippen molar-refractivity contribution in [2.75, 3.05) is 18.9 Å². The van der Waals surface area contributed by atoms with Gasteiger partial charge in [0.2, 0.25) is 0 Å². The summed E-state index contributed by atoms with van der Waals surface area (Å²) in [6.45, 7) is -0.0543. The molecule has 1 aromatic carbocycles. The predicted molar refractivity (Wildman–Crippen MR) is 73.0 cm³/mol. The molecular weight excluding hydrogens is 357 g/mol. The minimum absolute atomic E-state index is 0.0381. The molecule has 0 aliphatic carbocycles. The second kappa shape index (κ2) is 6.79. The van der Waals surface area contributed by atoms with Gasteiger partial charge in [-0.3, -0.25) is 4.79 Å². The highest BCUT2D eigenvalue weighted by Gasteiger charge is 2.31. The SMILES string of the molecule is CN(CCC(=O)O)C(=O)Nc1cc(Br)cc(C(F)(F)F)c1. The van der Waals surface area contributed by atoms with Gasteiger partial charge in [-0.05, 0) is 18.2 Å². The Hall–Kier alpha value is -1.77. The van der Waals surface area contributed by atoms with Crippen LogP contribution in [0.4, 0.5) is 23.7 Å². The largest absolute Gasteiger partial charge is 0.481 e. The van der Waals surface area contributed by atoms with E-state index >= 15 is 0 Å². The first kappa shape index (κ1) is 17.3. The highest BCUT2D eigenvalue weighted by molar-refractivity contribution is 9.10. The number of hydrogen-bond acceptors (Lipinski definition) is 2. The molecule has 116 valence electrons. The molecule has 1 rings (SSSR count). The van der Waals surface area contributed by atoms with Crippen molar-refractivity contribution in [2.24, 2.45) is 0 Å². The third-order valence-electron chi connectivity index (χ3n) is 2.48. The van der Waals surface area contributed by atoms with Crippen LogP contribution in [0.25, 0.3) is 0 Å². The maximum atomic E-state index is 12.6. The lowest BCUT2D eigenvalue weighted by molar-refractivity contribution is -0.138. The molecule has 0 bridgehead atoms. The quantitative estimate of drug-likeness (QED) is 0.855. The number of carboxylic acid groups (broad SMARTS) is 1. The molecule has 2 N–H and O–H groups in total. The number of hydrogen-bond donors (Lipinski definition) is 2. The van der Waals surface area contributed by atoms with Crippen molar-refractivity contribution in [3.05, 3.63) is 28.2 Å². The Bertz CT molecular complexity index is 549. The molecule has 0 fully saturated rings. The number of benzene rings is 1. The fourth-order valence-electron chi connectivity index (χ4n) is 1.41. The van der Waals surface area contributed by atoms with Crippen LogP contribution in [0.1, 0.15) is 12.0 Å². The molecule has 0 saturated carbocycles. The fourth-order valence-corrected chi connectivity index (χ4v) is 1.90. The van der Waals surface area contributed by atoms with Crippen LogP contribution < -0.4 is 5.32 Å². The van der Waals surface area contributed by atoms with E-state index in [9.17, 15) is 22.8 Å². The molecule has 0 aliphatic rings. The number of rotatable bonds is 4. The van der Waals surface area contributed by atoms with Gasteiger partial charge in [-0.2, -0.15) is 13.2 Å². The van der Waals surface area contributed by atoms with E-state index in [0.29, 0.717) is 0 Å². The van der Waals surface area contributed by atoms with Crippen LogP contribution in [-0.4, -0.2) is 35.6 Å². The molecule has 21 heavy (non-hydrogen) atoms. The maximum Gasteiger partial charge on any atom is 0.416 e. The average molecular weight is 369 g/mol. The number of halogens is 4. The highest BCUT2D eigenvalue weighted by atomic mass is 79.9. The first-order valence-electron chi connectivity index (χ1n) is 5.71. The summed E-state index contributed by atoms with van der Waals surface area (Å²) in [5, 5.41) is 10.8. The maximum absolute atomic E-state index is 12.6. The fraction of sp³-hybridized carbons (Fsp3) is 0.333. The van der Waals surface area contributed by atoms with Crippen molar-refractivity contribution in [2.45, 2.75) is 12.6 Å². The van der Waals surface area contributed by atoms with Crippen molar-refractivity contribution in [1.29, 1.82) is 0 Å². The van der Waals surface area contributed by atoms with Gasteiger partial charge in [-0.25, -0.2) is 4.79 Å². The normalized spacial score (nSPS) is 11.1. The third-order valence-corrected chi connectivity index (χ3v) is 2.94. The second-order valence-electron chi connectivity index (χ2n) is 4.22. The van der Waals surface area contributed by atoms with E-state index in [2.05, 4.69) is 21.2 Å². The monoisotopic (exact) mass is 368 g/mol. The molecule has 1 aromatic rings. The molecule has 0 saturated heterocycles. The standard InChI is InChI=1S/C12H12BrF3N2O3/c1-18(3-2-10(19)20)11(21)17-9-5-7(12(14,15)16)4-8(13)6-9/h4-6H,2-3H2,1H3,(H,17,21)(H,19,20). The molecule has 0 heterocycles. The van der Waals surface area contributed by atoms with Crippen molar-refractivity contribution in [3.63, 3.8) is 0 Å². The van der Waals surface area contributed by atoms with Crippen LogP contribution in [-0.2, 0) is 11.0 Å². The van der Waals surface area contributed by atoms with Crippen molar-refractivity contribution in [3.8, 4) is 0 Å². The minimum Gasteiger partial charge on any atom is -0.481 e. The zero-order chi connectivity index (χ0) is 16.2. The molecule has 0 aromatic heterocycles. The van der Waals surface area contributed by atoms with Crippen LogP contribution in [0.3, 0.4) is 0 Å². The van der Waals surface area contributed by atoms with Crippen LogP contribution >= 0.6 is 15.9 Å². The number of aliphatic carboxylic acids is 1. The lowest BCUT2D eigenvalue weighted by atomic mass is 10.2. The van der Waals surface area contributed by atoms with Gasteiger partial charge in [0.15, 0.2) is 0 Å². The topological polar surface area (TPSA) is 69.6 Å². The summed E-state index contributed by atoms with van der Waals surface area (Å²) < 4.78 is 38.1. The van der Waals surface area contributed by atoms with Crippen LogP contribution in [0.15, 0.2) is 22.7 Å². The first-order valence-corrected chi connectivity index (χ1v) is 6.50. The predicted octanol–water partition coefficient (Wildman–Crippen LogP) is 3.41. The van der Waals surface area contributed by atoms with Gasteiger partial charge in [0.05, 0.1) is 12.0 Å². The van der Waals surface area contributed by atoms with E-state index in [0.717, 1.165) is 17.0 Å². The Morgan fingerprint density at radius 2 is 1.95 bits per heavy atom. The summed E-state index contributed by atoms with van der Waals surface area (Å²) in [6, 6.07) is 2.32. The smallest absolute Gasteiger partial charge is 0.416 e. The Morgan fingerprint density at radius 1 is 1.33 bits per heavy atom. The zero-order valence-corrected chi connectivity index (χ0v) is 12.5. The Morgan fingerprint density at radius 3 is 2.48 bits per heavy atom. The van der Waals surface area contributed by atoms with Crippen LogP contribution in [0, 0.1) is 0 Å². The molecule has 0 spiro atoms. The van der Waals surface area contributed by atoms with E-state index in [1.807, 2.05) is 0 Å². The minimum atomic E-state index is -4.53. The summed E-state index contributed by atoms with van der Waals surface area (Å²) in [4.78, 5) is 23.2. The molecule has 2 amide bonds.